The Balaban J connectivity index is 1.47. The van der Waals surface area contributed by atoms with E-state index in [0.29, 0.717) is 23.6 Å². The number of benzene rings is 2. The maximum Gasteiger partial charge on any atom is 0.253 e. The van der Waals surface area contributed by atoms with Gasteiger partial charge < -0.3 is 20.7 Å². The Bertz CT molecular complexity index is 1320. The molecule has 7 nitrogen and oxygen atoms in total. The molecular formula is C26H23N5O2S. The highest BCUT2D eigenvalue weighted by molar-refractivity contribution is 7.09. The van der Waals surface area contributed by atoms with E-state index in [1.54, 1.807) is 36.9 Å². The number of aliphatic imine (C=N–C) groups is 1. The molecule has 1 aliphatic heterocycles. The van der Waals surface area contributed by atoms with Crippen molar-refractivity contribution in [3.8, 4) is 5.75 Å². The molecule has 0 radical (unpaired) electrons. The highest BCUT2D eigenvalue weighted by Gasteiger charge is 2.24. The van der Waals surface area contributed by atoms with Gasteiger partial charge in [-0.05, 0) is 47.8 Å². The van der Waals surface area contributed by atoms with Crippen LogP contribution in [0.1, 0.15) is 32.5 Å². The maximum atomic E-state index is 13.0. The highest BCUT2D eigenvalue weighted by Crippen LogP contribution is 2.33. The number of hydrogen-bond donors (Lipinski definition) is 3. The molecule has 0 spiro atoms. The Hall–Kier alpha value is -4.17. The summed E-state index contributed by atoms with van der Waals surface area (Å²) in [6.45, 7) is 0.485. The molecule has 1 atom stereocenters. The molecule has 0 saturated heterocycles. The Labute approximate surface area is 201 Å². The predicted molar refractivity (Wildman–Crippen MR) is 136 cm³/mol. The Morgan fingerprint density at radius 2 is 2.03 bits per heavy atom. The van der Waals surface area contributed by atoms with Crippen LogP contribution in [-0.2, 0) is 6.54 Å². The number of aromatic nitrogens is 1. The number of amidine groups is 1. The third-order valence-electron chi connectivity index (χ3n) is 5.46. The van der Waals surface area contributed by atoms with Crippen molar-refractivity contribution in [2.45, 2.75) is 12.7 Å². The van der Waals surface area contributed by atoms with E-state index in [0.717, 1.165) is 27.4 Å². The standard InChI is InChI=1S/C26H23N5O2S/c1-33-18-10-11-23-21(14-18)25(31-24(29-23)17-6-4-12-27-15-17)30-22-9-3-2-8-20(22)26(32)28-16-19-7-5-13-34-19/h2-15,24,29H,16H2,1H3,(H,28,32)(H,30,31). The number of carbonyl (C=O) groups is 1. The van der Waals surface area contributed by atoms with Crippen LogP contribution < -0.4 is 20.7 Å². The smallest absolute Gasteiger partial charge is 0.253 e. The molecule has 2 aromatic carbocycles. The van der Waals surface area contributed by atoms with Gasteiger partial charge in [-0.15, -0.1) is 11.3 Å². The number of para-hydroxylation sites is 1. The zero-order chi connectivity index (χ0) is 23.3. The number of nitrogens with one attached hydrogen (secondary N) is 3. The molecular weight excluding hydrogens is 446 g/mol. The minimum atomic E-state index is -0.322. The van der Waals surface area contributed by atoms with Crippen molar-refractivity contribution in [1.82, 2.24) is 10.3 Å². The van der Waals surface area contributed by atoms with E-state index in [1.807, 2.05) is 66.0 Å². The summed E-state index contributed by atoms with van der Waals surface area (Å²) in [6.07, 6.45) is 3.20. The van der Waals surface area contributed by atoms with Gasteiger partial charge in [0.25, 0.3) is 5.91 Å². The first-order valence-electron chi connectivity index (χ1n) is 10.8. The molecule has 170 valence electrons. The largest absolute Gasteiger partial charge is 0.497 e. The third kappa shape index (κ3) is 4.62. The molecule has 3 heterocycles. The number of nitrogens with zero attached hydrogens (tertiary/aromatic N) is 2. The number of methoxy groups -OCH3 is 1. The van der Waals surface area contributed by atoms with E-state index < -0.39 is 0 Å². The summed E-state index contributed by atoms with van der Waals surface area (Å²) in [4.78, 5) is 23.3. The van der Waals surface area contributed by atoms with Crippen molar-refractivity contribution in [2.24, 2.45) is 4.99 Å². The molecule has 34 heavy (non-hydrogen) atoms. The summed E-state index contributed by atoms with van der Waals surface area (Å²) in [5, 5.41) is 11.9. The summed E-state index contributed by atoms with van der Waals surface area (Å²) >= 11 is 1.61. The van der Waals surface area contributed by atoms with Gasteiger partial charge in [-0.3, -0.25) is 9.78 Å². The van der Waals surface area contributed by atoms with Crippen LogP contribution in [0.3, 0.4) is 0 Å². The number of amides is 1. The van der Waals surface area contributed by atoms with Gasteiger partial charge in [-0.25, -0.2) is 4.99 Å². The molecule has 2 aromatic heterocycles. The molecule has 0 saturated carbocycles. The summed E-state index contributed by atoms with van der Waals surface area (Å²) < 4.78 is 5.44. The van der Waals surface area contributed by atoms with E-state index in [2.05, 4.69) is 20.9 Å². The number of ether oxygens (including phenoxy) is 1. The van der Waals surface area contributed by atoms with Crippen LogP contribution in [0.2, 0.25) is 0 Å². The molecule has 0 aliphatic carbocycles. The van der Waals surface area contributed by atoms with Gasteiger partial charge in [0.05, 0.1) is 24.9 Å². The lowest BCUT2D eigenvalue weighted by atomic mass is 10.1. The van der Waals surface area contributed by atoms with E-state index in [4.69, 9.17) is 9.73 Å². The highest BCUT2D eigenvalue weighted by atomic mass is 32.1. The Morgan fingerprint density at radius 1 is 1.12 bits per heavy atom. The fraction of sp³-hybridized carbons (Fsp3) is 0.115. The lowest BCUT2D eigenvalue weighted by Crippen LogP contribution is -2.27. The maximum absolute atomic E-state index is 13.0. The van der Waals surface area contributed by atoms with Gasteiger partial charge in [-0.1, -0.05) is 24.3 Å². The minimum absolute atomic E-state index is 0.152. The Morgan fingerprint density at radius 3 is 2.82 bits per heavy atom. The van der Waals surface area contributed by atoms with Crippen LogP contribution in [0.4, 0.5) is 11.4 Å². The van der Waals surface area contributed by atoms with E-state index in [9.17, 15) is 4.79 Å². The monoisotopic (exact) mass is 469 g/mol. The van der Waals surface area contributed by atoms with Crippen LogP contribution in [0, 0.1) is 0 Å². The number of anilines is 2. The van der Waals surface area contributed by atoms with Crippen molar-refractivity contribution in [3.05, 3.63) is 106 Å². The topological polar surface area (TPSA) is 87.6 Å². The van der Waals surface area contributed by atoms with Crippen LogP contribution in [0.15, 0.2) is 89.5 Å². The summed E-state index contributed by atoms with van der Waals surface area (Å²) in [6, 6.07) is 21.1. The number of pyridine rings is 1. The van der Waals surface area contributed by atoms with Crippen molar-refractivity contribution in [2.75, 3.05) is 17.7 Å². The Kier molecular flexibility index (Phi) is 6.22. The average Bonchev–Trinajstić information content (AvgIpc) is 3.41. The average molecular weight is 470 g/mol. The van der Waals surface area contributed by atoms with Crippen molar-refractivity contribution < 1.29 is 9.53 Å². The van der Waals surface area contributed by atoms with E-state index in [1.165, 1.54) is 0 Å². The molecule has 8 heteroatoms. The molecule has 1 amide bonds. The van der Waals surface area contributed by atoms with Gasteiger partial charge >= 0.3 is 0 Å². The number of rotatable bonds is 6. The molecule has 5 rings (SSSR count). The van der Waals surface area contributed by atoms with Gasteiger partial charge in [0.15, 0.2) is 0 Å². The molecule has 3 N–H and O–H groups in total. The SMILES string of the molecule is COc1ccc2c(c1)C(Nc1ccccc1C(=O)NCc1cccs1)=NC(c1cccnc1)N2. The third-order valence-corrected chi connectivity index (χ3v) is 6.34. The second-order valence-corrected chi connectivity index (χ2v) is 8.69. The molecule has 1 unspecified atom stereocenters. The van der Waals surface area contributed by atoms with Gasteiger partial charge in [0.2, 0.25) is 0 Å². The van der Waals surface area contributed by atoms with Gasteiger partial charge in [0, 0.05) is 34.1 Å². The fourth-order valence-electron chi connectivity index (χ4n) is 3.74. The minimum Gasteiger partial charge on any atom is -0.497 e. The fourth-order valence-corrected chi connectivity index (χ4v) is 4.38. The van der Waals surface area contributed by atoms with Crippen LogP contribution in [-0.4, -0.2) is 23.8 Å². The summed E-state index contributed by atoms with van der Waals surface area (Å²) in [5.74, 6) is 1.21. The van der Waals surface area contributed by atoms with E-state index >= 15 is 0 Å². The normalized spacial score (nSPS) is 14.4. The quantitative estimate of drug-likeness (QED) is 0.367. The summed E-state index contributed by atoms with van der Waals surface area (Å²) in [7, 11) is 1.63. The lowest BCUT2D eigenvalue weighted by Gasteiger charge is -2.27. The van der Waals surface area contributed by atoms with Gasteiger partial charge in [0.1, 0.15) is 17.8 Å². The number of carbonyl (C=O) groups excluding carboxylic acids is 1. The second kappa shape index (κ2) is 9.76. The predicted octanol–water partition coefficient (Wildman–Crippen LogP) is 5.06. The lowest BCUT2D eigenvalue weighted by molar-refractivity contribution is 0.0952. The zero-order valence-corrected chi connectivity index (χ0v) is 19.3. The number of fused-ring (bicyclic) bond motifs is 1. The van der Waals surface area contributed by atoms with Crippen LogP contribution >= 0.6 is 11.3 Å². The van der Waals surface area contributed by atoms with Crippen LogP contribution in [0.25, 0.3) is 0 Å². The van der Waals surface area contributed by atoms with Crippen molar-refractivity contribution in [3.63, 3.8) is 0 Å². The van der Waals surface area contributed by atoms with Crippen molar-refractivity contribution >= 4 is 34.5 Å². The molecule has 0 bridgehead atoms. The second-order valence-electron chi connectivity index (χ2n) is 7.66. The number of thiophene rings is 1. The first kappa shape index (κ1) is 21.7. The summed E-state index contributed by atoms with van der Waals surface area (Å²) in [5.41, 5.74) is 3.92. The van der Waals surface area contributed by atoms with Crippen LogP contribution in [0.5, 0.6) is 5.75 Å². The molecule has 4 aromatic rings. The zero-order valence-electron chi connectivity index (χ0n) is 18.5. The first-order valence-corrected chi connectivity index (χ1v) is 11.7. The van der Waals surface area contributed by atoms with Crippen molar-refractivity contribution in [1.29, 1.82) is 0 Å². The van der Waals surface area contributed by atoms with Gasteiger partial charge in [-0.2, -0.15) is 0 Å². The van der Waals surface area contributed by atoms with E-state index in [-0.39, 0.29) is 12.1 Å². The molecule has 0 fully saturated rings. The number of hydrogen-bond acceptors (Lipinski definition) is 7. The first-order chi connectivity index (χ1) is 16.7. The molecule has 1 aliphatic rings.